The molecule has 1 atom stereocenters. The zero-order valence-corrected chi connectivity index (χ0v) is 19.4. The van der Waals surface area contributed by atoms with Gasteiger partial charge < -0.3 is 10.4 Å². The van der Waals surface area contributed by atoms with E-state index < -0.39 is 6.23 Å². The number of thiazole rings is 1. The number of hydrogen-bond acceptors (Lipinski definition) is 5. The van der Waals surface area contributed by atoms with Crippen LogP contribution >= 0.6 is 11.3 Å². The number of rotatable bonds is 8. The van der Waals surface area contributed by atoms with Crippen molar-refractivity contribution in [2.75, 3.05) is 5.32 Å². The Hall–Kier alpha value is -2.76. The molecule has 1 heterocycles. The maximum absolute atomic E-state index is 10.8. The van der Waals surface area contributed by atoms with Crippen molar-refractivity contribution in [1.29, 1.82) is 0 Å². The average molecular weight is 446 g/mol. The lowest BCUT2D eigenvalue weighted by molar-refractivity contribution is 0.203. The summed E-state index contributed by atoms with van der Waals surface area (Å²) >= 11 is 1.59. The van der Waals surface area contributed by atoms with Gasteiger partial charge in [0.15, 0.2) is 6.23 Å². The predicted molar refractivity (Wildman–Crippen MR) is 136 cm³/mol. The summed E-state index contributed by atoms with van der Waals surface area (Å²) in [7, 11) is 0. The van der Waals surface area contributed by atoms with Gasteiger partial charge in [-0.25, -0.2) is 4.98 Å². The molecule has 1 unspecified atom stereocenters. The van der Waals surface area contributed by atoms with Crippen LogP contribution in [0.5, 0.6) is 0 Å². The van der Waals surface area contributed by atoms with Gasteiger partial charge in [-0.2, -0.15) is 0 Å². The highest BCUT2D eigenvalue weighted by atomic mass is 32.1. The predicted octanol–water partition coefficient (Wildman–Crippen LogP) is 7.02. The molecule has 4 rings (SSSR count). The molecule has 0 bridgehead atoms. The van der Waals surface area contributed by atoms with E-state index in [1.807, 2.05) is 30.7 Å². The Morgan fingerprint density at radius 3 is 2.84 bits per heavy atom. The smallest absolute Gasteiger partial charge is 0.168 e. The van der Waals surface area contributed by atoms with Gasteiger partial charge in [0.05, 0.1) is 0 Å². The third-order valence-corrected chi connectivity index (χ3v) is 7.20. The van der Waals surface area contributed by atoms with Crippen LogP contribution in [0.4, 0.5) is 5.69 Å². The molecule has 0 radical (unpaired) electrons. The molecular weight excluding hydrogens is 414 g/mol. The van der Waals surface area contributed by atoms with Crippen molar-refractivity contribution in [2.24, 2.45) is 10.9 Å². The first kappa shape index (κ1) is 22.4. The quantitative estimate of drug-likeness (QED) is 0.339. The second kappa shape index (κ2) is 10.7. The third-order valence-electron chi connectivity index (χ3n) is 6.27. The first-order valence-corrected chi connectivity index (χ1v) is 12.2. The van der Waals surface area contributed by atoms with Crippen molar-refractivity contribution < 1.29 is 5.11 Å². The van der Waals surface area contributed by atoms with Crippen LogP contribution in [-0.2, 0) is 0 Å². The molecule has 1 saturated carbocycles. The Labute approximate surface area is 194 Å². The number of aliphatic imine (C=N–C) groups is 1. The lowest BCUT2D eigenvalue weighted by atomic mass is 9.76. The molecule has 2 aliphatic rings. The Kier molecular flexibility index (Phi) is 7.51. The van der Waals surface area contributed by atoms with Gasteiger partial charge in [-0.1, -0.05) is 49.1 Å². The minimum Gasteiger partial charge on any atom is -0.368 e. The van der Waals surface area contributed by atoms with Crippen molar-refractivity contribution >= 4 is 28.8 Å². The van der Waals surface area contributed by atoms with Gasteiger partial charge in [0.1, 0.15) is 10.7 Å². The fraction of sp³-hybridized carbons (Fsp3) is 0.333. The van der Waals surface area contributed by atoms with E-state index in [0.717, 1.165) is 48.4 Å². The van der Waals surface area contributed by atoms with Gasteiger partial charge in [0.25, 0.3) is 0 Å². The van der Waals surface area contributed by atoms with Crippen molar-refractivity contribution in [3.63, 3.8) is 0 Å². The van der Waals surface area contributed by atoms with E-state index in [1.54, 1.807) is 17.5 Å². The maximum Gasteiger partial charge on any atom is 0.168 e. The standard InChI is InChI=1S/C27H31N3OS/c1-3-16-28-17-19(2)20-12-14-21(15-13-20)23-10-6-7-11-24(23)29-26(31)25-18-32-27(30-25)22-8-4-5-9-22/h3-8,10-11,16-18,20-21,26,29,31H,2,9,12-15H2,1H3/b16-3-,28-17?. The van der Waals surface area contributed by atoms with Crippen LogP contribution in [0.25, 0.3) is 5.57 Å². The second-order valence-corrected chi connectivity index (χ2v) is 9.28. The molecule has 1 aromatic carbocycles. The van der Waals surface area contributed by atoms with Gasteiger partial charge in [0, 0.05) is 23.5 Å². The minimum atomic E-state index is -0.824. The summed E-state index contributed by atoms with van der Waals surface area (Å²) in [5.41, 5.74) is 5.27. The van der Waals surface area contributed by atoms with Crippen LogP contribution in [0.1, 0.15) is 67.4 Å². The molecule has 4 nitrogen and oxygen atoms in total. The molecule has 1 fully saturated rings. The molecular formula is C27H31N3OS. The molecule has 0 spiro atoms. The fourth-order valence-corrected chi connectivity index (χ4v) is 5.35. The summed E-state index contributed by atoms with van der Waals surface area (Å²) < 4.78 is 0. The van der Waals surface area contributed by atoms with Crippen molar-refractivity contribution in [1.82, 2.24) is 4.98 Å². The van der Waals surface area contributed by atoms with Gasteiger partial charge in [-0.3, -0.25) is 4.99 Å². The second-order valence-electron chi connectivity index (χ2n) is 8.42. The number of hydrogen-bond donors (Lipinski definition) is 2. The SMILES string of the molecule is C=C(C=N/C=C\C)C1CCC(c2ccccc2NC(O)c2csc(C3=CC=CC3)n2)CC1. The summed E-state index contributed by atoms with van der Waals surface area (Å²) in [6, 6.07) is 8.35. The maximum atomic E-state index is 10.8. The molecule has 1 aromatic heterocycles. The van der Waals surface area contributed by atoms with Gasteiger partial charge in [-0.15, -0.1) is 11.3 Å². The molecule has 5 heteroatoms. The third kappa shape index (κ3) is 5.34. The normalized spacial score (nSPS) is 21.9. The number of nitrogens with one attached hydrogen (secondary N) is 1. The van der Waals surface area contributed by atoms with Crippen LogP contribution in [0.3, 0.4) is 0 Å². The number of aliphatic hydroxyl groups is 1. The first-order valence-electron chi connectivity index (χ1n) is 11.3. The number of benzene rings is 1. The zero-order chi connectivity index (χ0) is 22.3. The van der Waals surface area contributed by atoms with Crippen LogP contribution in [0, 0.1) is 5.92 Å². The Bertz CT molecular complexity index is 1050. The molecule has 0 amide bonds. The average Bonchev–Trinajstić information content (AvgIpc) is 3.52. The summed E-state index contributed by atoms with van der Waals surface area (Å²) in [5, 5.41) is 17.1. The molecule has 2 aromatic rings. The van der Waals surface area contributed by atoms with E-state index in [-0.39, 0.29) is 0 Å². The van der Waals surface area contributed by atoms with E-state index >= 15 is 0 Å². The van der Waals surface area contributed by atoms with E-state index in [4.69, 9.17) is 0 Å². The van der Waals surface area contributed by atoms with Crippen LogP contribution in [-0.4, -0.2) is 16.3 Å². The van der Waals surface area contributed by atoms with Crippen molar-refractivity contribution in [3.05, 3.63) is 88.6 Å². The first-order chi connectivity index (χ1) is 15.7. The van der Waals surface area contributed by atoms with Crippen LogP contribution < -0.4 is 5.32 Å². The number of aliphatic hydroxyl groups excluding tert-OH is 1. The van der Waals surface area contributed by atoms with Gasteiger partial charge >= 0.3 is 0 Å². The number of allylic oxidation sites excluding steroid dienone is 6. The number of aromatic nitrogens is 1. The zero-order valence-electron chi connectivity index (χ0n) is 18.6. The molecule has 166 valence electrons. The number of anilines is 1. The van der Waals surface area contributed by atoms with Crippen molar-refractivity contribution in [3.8, 4) is 0 Å². The van der Waals surface area contributed by atoms with Gasteiger partial charge in [-0.05, 0) is 73.6 Å². The lowest BCUT2D eigenvalue weighted by Crippen LogP contribution is -2.17. The summed E-state index contributed by atoms with van der Waals surface area (Å²) in [6.45, 7) is 6.19. The highest BCUT2D eigenvalue weighted by Gasteiger charge is 2.25. The molecule has 2 aliphatic carbocycles. The van der Waals surface area contributed by atoms with E-state index in [0.29, 0.717) is 17.5 Å². The van der Waals surface area contributed by atoms with E-state index in [9.17, 15) is 5.11 Å². The van der Waals surface area contributed by atoms with Crippen LogP contribution in [0.2, 0.25) is 0 Å². The largest absolute Gasteiger partial charge is 0.368 e. The highest BCUT2D eigenvalue weighted by molar-refractivity contribution is 7.10. The fourth-order valence-electron chi connectivity index (χ4n) is 4.48. The number of para-hydroxylation sites is 1. The summed E-state index contributed by atoms with van der Waals surface area (Å²) in [4.78, 5) is 8.95. The molecule has 2 N–H and O–H groups in total. The molecule has 0 aliphatic heterocycles. The molecule has 32 heavy (non-hydrogen) atoms. The van der Waals surface area contributed by atoms with Gasteiger partial charge in [0.2, 0.25) is 0 Å². The van der Waals surface area contributed by atoms with Crippen LogP contribution in [0.15, 0.2) is 77.3 Å². The summed E-state index contributed by atoms with van der Waals surface area (Å²) in [5.74, 6) is 0.974. The number of nitrogens with zero attached hydrogens (tertiary/aromatic N) is 2. The van der Waals surface area contributed by atoms with Crippen molar-refractivity contribution in [2.45, 2.75) is 51.2 Å². The Morgan fingerprint density at radius 2 is 2.09 bits per heavy atom. The highest BCUT2D eigenvalue weighted by Crippen LogP contribution is 2.41. The molecule has 0 saturated heterocycles. The Balaban J connectivity index is 1.40. The lowest BCUT2D eigenvalue weighted by Gasteiger charge is -2.30. The topological polar surface area (TPSA) is 57.5 Å². The Morgan fingerprint density at radius 1 is 1.28 bits per heavy atom. The van der Waals surface area contributed by atoms with E-state index in [2.05, 4.69) is 58.3 Å². The summed E-state index contributed by atoms with van der Waals surface area (Å²) in [6.07, 6.45) is 16.4. The van der Waals surface area contributed by atoms with E-state index in [1.165, 1.54) is 11.1 Å². The monoisotopic (exact) mass is 445 g/mol. The minimum absolute atomic E-state index is 0.475.